The molecule has 0 heterocycles. The number of rotatable bonds is 3. The highest BCUT2D eigenvalue weighted by molar-refractivity contribution is 6.23. The average molecular weight is 214 g/mol. The van der Waals surface area contributed by atoms with E-state index in [1.165, 1.54) is 6.21 Å². The lowest BCUT2D eigenvalue weighted by atomic mass is 10.3. The summed E-state index contributed by atoms with van der Waals surface area (Å²) in [6.45, 7) is 2.13. The van der Waals surface area contributed by atoms with Crippen molar-refractivity contribution in [1.82, 2.24) is 0 Å². The maximum Gasteiger partial charge on any atom is 0.349 e. The number of hydrogen-bond donors (Lipinski definition) is 0. The first kappa shape index (κ1) is 12.7. The molecule has 0 aliphatic carbocycles. The summed E-state index contributed by atoms with van der Waals surface area (Å²) >= 11 is 0. The molecule has 0 unspecified atom stereocenters. The lowest BCUT2D eigenvalue weighted by Crippen LogP contribution is -2.04. The molecule has 3 nitrogen and oxygen atoms in total. The van der Waals surface area contributed by atoms with Gasteiger partial charge < -0.3 is 4.74 Å². The summed E-state index contributed by atoms with van der Waals surface area (Å²) in [4.78, 5) is 14.8. The zero-order chi connectivity index (χ0) is 9.52. The van der Waals surface area contributed by atoms with Gasteiger partial charge in [0, 0.05) is 0 Å². The molecule has 0 radical (unpaired) electrons. The van der Waals surface area contributed by atoms with Crippen LogP contribution in [0.2, 0.25) is 0 Å². The van der Waals surface area contributed by atoms with Gasteiger partial charge in [0.1, 0.15) is 6.21 Å². The van der Waals surface area contributed by atoms with Crippen LogP contribution in [0.15, 0.2) is 35.3 Å². The smallest absolute Gasteiger partial charge is 0.349 e. The summed E-state index contributed by atoms with van der Waals surface area (Å²) in [5.74, 6) is -0.411. The molecule has 0 saturated heterocycles. The maximum atomic E-state index is 10.8. The van der Waals surface area contributed by atoms with Crippen molar-refractivity contribution in [3.05, 3.63) is 30.3 Å². The number of ether oxygens (including phenoxy) is 1. The molecule has 76 valence electrons. The van der Waals surface area contributed by atoms with Crippen molar-refractivity contribution >= 4 is 30.3 Å². The third-order valence-corrected chi connectivity index (χ3v) is 1.36. The third-order valence-electron chi connectivity index (χ3n) is 1.36. The van der Waals surface area contributed by atoms with E-state index in [-0.39, 0.29) is 12.4 Å². The first-order valence-electron chi connectivity index (χ1n) is 4.09. The highest BCUT2D eigenvalue weighted by atomic mass is 35.5. The Hall–Kier alpha value is -1.35. The molecule has 0 aliphatic heterocycles. The molecule has 14 heavy (non-hydrogen) atoms. The normalized spacial score (nSPS) is 9.50. The molecule has 0 N–H and O–H groups in total. The second-order valence-corrected chi connectivity index (χ2v) is 2.35. The van der Waals surface area contributed by atoms with E-state index in [4.69, 9.17) is 0 Å². The average Bonchev–Trinajstić information content (AvgIpc) is 2.17. The molecule has 0 atom stereocenters. The molecule has 1 aromatic rings. The predicted molar refractivity (Wildman–Crippen MR) is 58.5 cm³/mol. The van der Waals surface area contributed by atoms with Crippen molar-refractivity contribution in [2.75, 3.05) is 6.61 Å². The third kappa shape index (κ3) is 4.62. The van der Waals surface area contributed by atoms with E-state index < -0.39 is 5.97 Å². The van der Waals surface area contributed by atoms with Gasteiger partial charge in [0.2, 0.25) is 0 Å². The summed E-state index contributed by atoms with van der Waals surface area (Å²) in [7, 11) is 0. The van der Waals surface area contributed by atoms with Crippen LogP contribution in [-0.4, -0.2) is 18.8 Å². The van der Waals surface area contributed by atoms with Crippen molar-refractivity contribution in [3.8, 4) is 0 Å². The number of carbonyl (C=O) groups excluding carboxylic acids is 1. The number of aliphatic imine (C=N–C) groups is 1. The van der Waals surface area contributed by atoms with Gasteiger partial charge in [-0.05, 0) is 19.1 Å². The molecule has 4 heteroatoms. The van der Waals surface area contributed by atoms with Crippen LogP contribution in [0.1, 0.15) is 6.92 Å². The van der Waals surface area contributed by atoms with Gasteiger partial charge in [0.05, 0.1) is 12.3 Å². The van der Waals surface area contributed by atoms with E-state index in [1.807, 2.05) is 30.3 Å². The first-order chi connectivity index (χ1) is 6.33. The Morgan fingerprint density at radius 1 is 1.43 bits per heavy atom. The van der Waals surface area contributed by atoms with E-state index in [0.717, 1.165) is 5.69 Å². The van der Waals surface area contributed by atoms with Gasteiger partial charge in [-0.3, -0.25) is 0 Å². The first-order valence-corrected chi connectivity index (χ1v) is 4.09. The van der Waals surface area contributed by atoms with E-state index >= 15 is 0 Å². The van der Waals surface area contributed by atoms with Crippen LogP contribution in [0.3, 0.4) is 0 Å². The number of hydrogen-bond acceptors (Lipinski definition) is 3. The topological polar surface area (TPSA) is 38.7 Å². The summed E-state index contributed by atoms with van der Waals surface area (Å²) in [5.41, 5.74) is 0.746. The van der Waals surface area contributed by atoms with Crippen molar-refractivity contribution in [1.29, 1.82) is 0 Å². The molecule has 0 saturated carbocycles. The molecule has 1 rings (SSSR count). The maximum absolute atomic E-state index is 10.8. The number of esters is 1. The van der Waals surface area contributed by atoms with Crippen LogP contribution in [0.4, 0.5) is 5.69 Å². The Kier molecular flexibility index (Phi) is 6.41. The van der Waals surface area contributed by atoms with Crippen LogP contribution >= 0.6 is 12.4 Å². The second-order valence-electron chi connectivity index (χ2n) is 2.35. The van der Waals surface area contributed by atoms with Crippen LogP contribution in [0.25, 0.3) is 0 Å². The molecular weight excluding hydrogens is 202 g/mol. The van der Waals surface area contributed by atoms with Crippen molar-refractivity contribution in [2.24, 2.45) is 4.99 Å². The minimum atomic E-state index is -0.411. The molecule has 0 aliphatic rings. The number of nitrogens with zero attached hydrogens (tertiary/aromatic N) is 1. The minimum Gasteiger partial charge on any atom is -0.462 e. The summed E-state index contributed by atoms with van der Waals surface area (Å²) in [5, 5.41) is 0. The Morgan fingerprint density at radius 2 is 2.07 bits per heavy atom. The predicted octanol–water partition coefficient (Wildman–Crippen LogP) is 2.37. The summed E-state index contributed by atoms with van der Waals surface area (Å²) in [6, 6.07) is 9.24. The highest BCUT2D eigenvalue weighted by Gasteiger charge is 1.93. The molecule has 0 amide bonds. The number of benzene rings is 1. The van der Waals surface area contributed by atoms with Crippen LogP contribution < -0.4 is 0 Å². The van der Waals surface area contributed by atoms with Crippen molar-refractivity contribution in [2.45, 2.75) is 6.92 Å². The zero-order valence-electron chi connectivity index (χ0n) is 7.84. The molecular formula is C10H12ClNO2. The van der Waals surface area contributed by atoms with Crippen LogP contribution in [0.5, 0.6) is 0 Å². The second kappa shape index (κ2) is 7.09. The van der Waals surface area contributed by atoms with Crippen molar-refractivity contribution < 1.29 is 9.53 Å². The number of para-hydroxylation sites is 1. The fourth-order valence-electron chi connectivity index (χ4n) is 0.821. The van der Waals surface area contributed by atoms with Crippen LogP contribution in [-0.2, 0) is 9.53 Å². The molecule has 0 bridgehead atoms. The van der Waals surface area contributed by atoms with Crippen molar-refractivity contribution in [3.63, 3.8) is 0 Å². The highest BCUT2D eigenvalue weighted by Crippen LogP contribution is 2.08. The number of carbonyl (C=O) groups is 1. The van der Waals surface area contributed by atoms with E-state index in [1.54, 1.807) is 6.92 Å². The van der Waals surface area contributed by atoms with Gasteiger partial charge in [0.15, 0.2) is 0 Å². The lowest BCUT2D eigenvalue weighted by Gasteiger charge is -1.94. The molecule has 1 aromatic carbocycles. The SMILES string of the molecule is CCOC(=O)C=Nc1ccccc1.Cl. The fourth-order valence-corrected chi connectivity index (χ4v) is 0.821. The molecule has 0 fully saturated rings. The standard InChI is InChI=1S/C10H11NO2.ClH/c1-2-13-10(12)8-11-9-6-4-3-5-7-9;/h3-8H,2H2,1H3;1H. The fraction of sp³-hybridized carbons (Fsp3) is 0.200. The molecule has 0 spiro atoms. The van der Waals surface area contributed by atoms with Gasteiger partial charge in [-0.25, -0.2) is 9.79 Å². The Morgan fingerprint density at radius 3 is 2.64 bits per heavy atom. The largest absolute Gasteiger partial charge is 0.462 e. The van der Waals surface area contributed by atoms with Gasteiger partial charge in [-0.15, -0.1) is 12.4 Å². The lowest BCUT2D eigenvalue weighted by molar-refractivity contribution is -0.134. The molecule has 0 aromatic heterocycles. The summed E-state index contributed by atoms with van der Waals surface area (Å²) < 4.78 is 4.68. The Balaban J connectivity index is 0.00000169. The van der Waals surface area contributed by atoms with E-state index in [2.05, 4.69) is 9.73 Å². The van der Waals surface area contributed by atoms with Gasteiger partial charge in [0.25, 0.3) is 0 Å². The van der Waals surface area contributed by atoms with E-state index in [0.29, 0.717) is 6.61 Å². The number of halogens is 1. The Bertz CT molecular complexity index is 298. The minimum absolute atomic E-state index is 0. The summed E-state index contributed by atoms with van der Waals surface area (Å²) in [6.07, 6.45) is 1.18. The quantitative estimate of drug-likeness (QED) is 0.571. The van der Waals surface area contributed by atoms with Gasteiger partial charge >= 0.3 is 5.97 Å². The zero-order valence-corrected chi connectivity index (χ0v) is 8.66. The van der Waals surface area contributed by atoms with Crippen LogP contribution in [0, 0.1) is 0 Å². The Labute approximate surface area is 89.2 Å². The van der Waals surface area contributed by atoms with E-state index in [9.17, 15) is 4.79 Å². The van der Waals surface area contributed by atoms with Gasteiger partial charge in [-0.2, -0.15) is 0 Å². The van der Waals surface area contributed by atoms with Gasteiger partial charge in [-0.1, -0.05) is 18.2 Å². The monoisotopic (exact) mass is 213 g/mol.